The Labute approximate surface area is 136 Å². The molecule has 0 saturated heterocycles. The van der Waals surface area contributed by atoms with Crippen LogP contribution < -0.4 is 5.73 Å². The molecule has 1 aromatic carbocycles. The van der Waals surface area contributed by atoms with Crippen LogP contribution in [0.25, 0.3) is 22.3 Å². The molecule has 0 radical (unpaired) electrons. The first-order valence-corrected chi connectivity index (χ1v) is 8.19. The highest BCUT2D eigenvalue weighted by Crippen LogP contribution is 2.29. The third-order valence-electron chi connectivity index (χ3n) is 3.46. The Bertz CT molecular complexity index is 836. The van der Waals surface area contributed by atoms with E-state index in [1.807, 2.05) is 30.3 Å². The average Bonchev–Trinajstić information content (AvgIpc) is 2.56. The largest absolute Gasteiger partial charge is 0.772 e. The van der Waals surface area contributed by atoms with Crippen molar-refractivity contribution < 1.29 is 8.76 Å². The summed E-state index contributed by atoms with van der Waals surface area (Å²) in [5, 5.41) is 0. The van der Waals surface area contributed by atoms with E-state index >= 15 is 0 Å². The van der Waals surface area contributed by atoms with Crippen molar-refractivity contribution in [3.05, 3.63) is 66.6 Å². The van der Waals surface area contributed by atoms with E-state index in [0.29, 0.717) is 5.82 Å². The minimum absolute atomic E-state index is 0.0151. The number of nitrogen functional groups attached to an aromatic ring is 1. The molecule has 0 aliphatic heterocycles. The summed E-state index contributed by atoms with van der Waals surface area (Å²) in [6, 6.07) is 13.1. The Morgan fingerprint density at radius 3 is 2.48 bits per heavy atom. The number of pyridine rings is 2. The predicted octanol–water partition coefficient (Wildman–Crippen LogP) is 2.77. The van der Waals surface area contributed by atoms with Crippen molar-refractivity contribution in [1.82, 2.24) is 9.97 Å². The van der Waals surface area contributed by atoms with E-state index in [9.17, 15) is 8.76 Å². The molecule has 2 N–H and O–H groups in total. The lowest BCUT2D eigenvalue weighted by atomic mass is 10.0. The van der Waals surface area contributed by atoms with E-state index < -0.39 is 11.1 Å². The van der Waals surface area contributed by atoms with Crippen LogP contribution in [0.3, 0.4) is 0 Å². The molecular weight excluding hydrogens is 310 g/mol. The zero-order valence-electron chi connectivity index (χ0n) is 12.2. The van der Waals surface area contributed by atoms with E-state index in [1.54, 1.807) is 30.7 Å². The normalized spacial score (nSPS) is 12.0. The van der Waals surface area contributed by atoms with Gasteiger partial charge in [0.05, 0.1) is 0 Å². The van der Waals surface area contributed by atoms with Gasteiger partial charge in [0.15, 0.2) is 0 Å². The summed E-state index contributed by atoms with van der Waals surface area (Å²) in [4.78, 5) is 8.36. The fraction of sp³-hybridized carbons (Fsp3) is 0.0588. The van der Waals surface area contributed by atoms with Crippen LogP contribution in [0.4, 0.5) is 5.82 Å². The van der Waals surface area contributed by atoms with Crippen LogP contribution in [-0.4, -0.2) is 18.7 Å². The molecule has 0 fully saturated rings. The van der Waals surface area contributed by atoms with Crippen LogP contribution in [-0.2, 0) is 16.8 Å². The van der Waals surface area contributed by atoms with Crippen molar-refractivity contribution in [3.8, 4) is 22.3 Å². The second-order valence-electron chi connectivity index (χ2n) is 5.04. The molecule has 3 aromatic rings. The van der Waals surface area contributed by atoms with E-state index in [2.05, 4.69) is 9.97 Å². The molecule has 0 aliphatic rings. The van der Waals surface area contributed by atoms with Crippen LogP contribution >= 0.6 is 0 Å². The lowest BCUT2D eigenvalue weighted by Gasteiger charge is -2.09. The molecule has 1 unspecified atom stereocenters. The van der Waals surface area contributed by atoms with Gasteiger partial charge in [-0.2, -0.15) is 0 Å². The highest BCUT2D eigenvalue weighted by Gasteiger charge is 2.07. The number of hydrogen-bond donors (Lipinski definition) is 1. The maximum absolute atomic E-state index is 10.7. The van der Waals surface area contributed by atoms with Gasteiger partial charge in [-0.3, -0.25) is 9.19 Å². The SMILES string of the molecule is Nc1ncc(-c2ccc(CS(=O)[O-])cc2)cc1-c1cccnc1. The van der Waals surface area contributed by atoms with Crippen molar-refractivity contribution in [2.75, 3.05) is 5.73 Å². The average molecular weight is 324 g/mol. The minimum Gasteiger partial charge on any atom is -0.772 e. The van der Waals surface area contributed by atoms with Gasteiger partial charge < -0.3 is 10.3 Å². The Morgan fingerprint density at radius 1 is 1.04 bits per heavy atom. The zero-order valence-corrected chi connectivity index (χ0v) is 13.0. The molecule has 116 valence electrons. The molecule has 2 aromatic heterocycles. The van der Waals surface area contributed by atoms with E-state index in [1.165, 1.54) is 0 Å². The molecule has 1 atom stereocenters. The maximum atomic E-state index is 10.7. The van der Waals surface area contributed by atoms with Crippen LogP contribution in [0, 0.1) is 0 Å². The van der Waals surface area contributed by atoms with Crippen molar-refractivity contribution in [3.63, 3.8) is 0 Å². The van der Waals surface area contributed by atoms with Gasteiger partial charge in [0.25, 0.3) is 0 Å². The summed E-state index contributed by atoms with van der Waals surface area (Å²) in [5.41, 5.74) is 10.3. The van der Waals surface area contributed by atoms with E-state index in [-0.39, 0.29) is 5.75 Å². The lowest BCUT2D eigenvalue weighted by Crippen LogP contribution is -1.96. The first-order valence-electron chi connectivity index (χ1n) is 6.94. The van der Waals surface area contributed by atoms with Gasteiger partial charge in [0.2, 0.25) is 0 Å². The van der Waals surface area contributed by atoms with E-state index in [4.69, 9.17) is 5.73 Å². The highest BCUT2D eigenvalue weighted by atomic mass is 32.2. The number of anilines is 1. The molecule has 0 aliphatic carbocycles. The Hall–Kier alpha value is -2.57. The Balaban J connectivity index is 1.96. The van der Waals surface area contributed by atoms with Crippen LogP contribution in [0.15, 0.2) is 61.1 Å². The third kappa shape index (κ3) is 3.61. The van der Waals surface area contributed by atoms with Crippen LogP contribution in [0.2, 0.25) is 0 Å². The number of benzene rings is 1. The monoisotopic (exact) mass is 324 g/mol. The minimum atomic E-state index is -2.09. The van der Waals surface area contributed by atoms with Crippen molar-refractivity contribution in [1.29, 1.82) is 0 Å². The summed E-state index contributed by atoms with van der Waals surface area (Å²) in [6.07, 6.45) is 5.15. The fourth-order valence-electron chi connectivity index (χ4n) is 2.32. The molecular formula is C17H14N3O2S-. The van der Waals surface area contributed by atoms with Crippen molar-refractivity contribution >= 4 is 16.9 Å². The van der Waals surface area contributed by atoms with Gasteiger partial charge in [-0.05, 0) is 23.3 Å². The van der Waals surface area contributed by atoms with Crippen LogP contribution in [0.5, 0.6) is 0 Å². The number of aromatic nitrogens is 2. The molecule has 0 amide bonds. The van der Waals surface area contributed by atoms with Gasteiger partial charge in [-0.1, -0.05) is 41.4 Å². The van der Waals surface area contributed by atoms with Crippen molar-refractivity contribution in [2.45, 2.75) is 5.75 Å². The second kappa shape index (κ2) is 6.68. The predicted molar refractivity (Wildman–Crippen MR) is 89.9 cm³/mol. The molecule has 0 saturated carbocycles. The summed E-state index contributed by atoms with van der Waals surface area (Å²) in [5.74, 6) is 0.460. The second-order valence-corrected chi connectivity index (χ2v) is 5.94. The van der Waals surface area contributed by atoms with Gasteiger partial charge in [0.1, 0.15) is 5.82 Å². The topological polar surface area (TPSA) is 91.9 Å². The molecule has 23 heavy (non-hydrogen) atoms. The Morgan fingerprint density at radius 2 is 1.83 bits per heavy atom. The molecule has 0 spiro atoms. The zero-order chi connectivity index (χ0) is 16.2. The standard InChI is InChI=1S/C17H15N3O2S/c18-17-16(14-2-1-7-19-9-14)8-15(10-20-17)13-5-3-12(4-6-13)11-23(21)22/h1-10H,11H2,(H2,18,20)(H,21,22)/p-1. The van der Waals surface area contributed by atoms with E-state index in [0.717, 1.165) is 27.8 Å². The van der Waals surface area contributed by atoms with Gasteiger partial charge in [-0.15, -0.1) is 0 Å². The fourth-order valence-corrected chi connectivity index (χ4v) is 2.78. The van der Waals surface area contributed by atoms with Gasteiger partial charge >= 0.3 is 0 Å². The summed E-state index contributed by atoms with van der Waals surface area (Å²) in [7, 11) is 0. The quantitative estimate of drug-likeness (QED) is 0.745. The number of nitrogens with zero attached hydrogens (tertiary/aromatic N) is 2. The van der Waals surface area contributed by atoms with Gasteiger partial charge in [0, 0.05) is 41.0 Å². The Kier molecular flexibility index (Phi) is 4.45. The smallest absolute Gasteiger partial charge is 0.131 e. The molecule has 0 bridgehead atoms. The molecule has 6 heteroatoms. The molecule has 3 rings (SSSR count). The number of hydrogen-bond acceptors (Lipinski definition) is 5. The highest BCUT2D eigenvalue weighted by molar-refractivity contribution is 7.78. The maximum Gasteiger partial charge on any atom is 0.131 e. The summed E-state index contributed by atoms with van der Waals surface area (Å²) < 4.78 is 21.5. The van der Waals surface area contributed by atoms with Crippen LogP contribution in [0.1, 0.15) is 5.56 Å². The number of nitrogens with two attached hydrogens (primary N) is 1. The lowest BCUT2D eigenvalue weighted by molar-refractivity contribution is 0.536. The molecule has 5 nitrogen and oxygen atoms in total. The third-order valence-corrected chi connectivity index (χ3v) is 4.03. The number of rotatable bonds is 4. The van der Waals surface area contributed by atoms with Crippen molar-refractivity contribution in [2.24, 2.45) is 0 Å². The summed E-state index contributed by atoms with van der Waals surface area (Å²) >= 11 is -2.09. The first kappa shape index (κ1) is 15.3. The molecule has 2 heterocycles. The first-order chi connectivity index (χ1) is 11.1. The van der Waals surface area contributed by atoms with Gasteiger partial charge in [-0.25, -0.2) is 4.98 Å². The summed E-state index contributed by atoms with van der Waals surface area (Å²) in [6.45, 7) is 0.